The lowest BCUT2D eigenvalue weighted by molar-refractivity contribution is 0.155. The predicted molar refractivity (Wildman–Crippen MR) is 104 cm³/mol. The van der Waals surface area contributed by atoms with Crippen LogP contribution in [0.2, 0.25) is 0 Å². The number of aromatic nitrogens is 1. The van der Waals surface area contributed by atoms with Crippen LogP contribution in [-0.2, 0) is 6.54 Å². The number of rotatable bonds is 4. The molecule has 0 amide bonds. The van der Waals surface area contributed by atoms with Crippen molar-refractivity contribution in [3.63, 3.8) is 0 Å². The second kappa shape index (κ2) is 6.56. The van der Waals surface area contributed by atoms with E-state index < -0.39 is 0 Å². The molecule has 1 atom stereocenters. The fraction of sp³-hybridized carbons (Fsp3) is 0.250. The zero-order valence-corrected chi connectivity index (χ0v) is 16.5. The summed E-state index contributed by atoms with van der Waals surface area (Å²) < 4.78 is 5.33. The van der Waals surface area contributed by atoms with Gasteiger partial charge in [0.2, 0.25) is 0 Å². The number of aliphatic hydroxyl groups is 1. The van der Waals surface area contributed by atoms with Crippen molar-refractivity contribution < 1.29 is 5.11 Å². The van der Waals surface area contributed by atoms with E-state index in [1.807, 2.05) is 0 Å². The largest absolute Gasteiger partial charge is 0.391 e. The number of hydrogen-bond donors (Lipinski definition) is 1. The molecule has 0 bridgehead atoms. The van der Waals surface area contributed by atoms with Crippen molar-refractivity contribution in [3.8, 4) is 0 Å². The van der Waals surface area contributed by atoms with Gasteiger partial charge in [-0.2, -0.15) is 0 Å². The maximum atomic E-state index is 10.2. The van der Waals surface area contributed by atoms with E-state index in [0.717, 1.165) is 19.8 Å². The van der Waals surface area contributed by atoms with Crippen molar-refractivity contribution >= 4 is 76.3 Å². The second-order valence-electron chi connectivity index (χ2n) is 5.07. The summed E-state index contributed by atoms with van der Waals surface area (Å²) in [7, 11) is 0. The third-order valence-corrected chi connectivity index (χ3v) is 5.23. The van der Waals surface area contributed by atoms with Crippen LogP contribution in [-0.4, -0.2) is 20.2 Å². The number of benzene rings is 2. The summed E-state index contributed by atoms with van der Waals surface area (Å²) in [5.74, 6) is 0. The van der Waals surface area contributed by atoms with Crippen molar-refractivity contribution in [1.82, 2.24) is 4.57 Å². The van der Waals surface area contributed by atoms with Gasteiger partial charge in [0.15, 0.2) is 0 Å². The number of aliphatic hydroxyl groups excluding tert-OH is 1. The molecule has 0 aliphatic rings. The lowest BCUT2D eigenvalue weighted by atomic mass is 10.2. The van der Waals surface area contributed by atoms with Gasteiger partial charge in [0.1, 0.15) is 0 Å². The molecule has 5 heteroatoms. The fourth-order valence-corrected chi connectivity index (χ4v) is 4.11. The molecule has 0 spiro atoms. The first-order valence-electron chi connectivity index (χ1n) is 6.71. The van der Waals surface area contributed by atoms with Crippen LogP contribution < -0.4 is 0 Å². The molecule has 3 rings (SSSR count). The third kappa shape index (κ3) is 3.16. The monoisotopic (exact) mass is 521 g/mol. The van der Waals surface area contributed by atoms with Crippen LogP contribution in [0.4, 0.5) is 0 Å². The molecule has 0 fully saturated rings. The number of halogens is 3. The van der Waals surface area contributed by atoms with E-state index in [-0.39, 0.29) is 6.10 Å². The summed E-state index contributed by atoms with van der Waals surface area (Å²) in [6.07, 6.45) is 0.502. The van der Waals surface area contributed by atoms with Gasteiger partial charge in [-0.3, -0.25) is 0 Å². The summed E-state index contributed by atoms with van der Waals surface area (Å²) in [5.41, 5.74) is 2.33. The summed E-state index contributed by atoms with van der Waals surface area (Å²) >= 11 is 9.41. The zero-order chi connectivity index (χ0) is 15.0. The quantitative estimate of drug-likeness (QED) is 0.355. The zero-order valence-electron chi connectivity index (χ0n) is 11.2. The molecule has 2 nitrogen and oxygen atoms in total. The molecule has 1 aromatic heterocycles. The van der Waals surface area contributed by atoms with Crippen molar-refractivity contribution in [1.29, 1.82) is 0 Å². The highest BCUT2D eigenvalue weighted by Crippen LogP contribution is 2.33. The molecule has 3 aromatic rings. The predicted octanol–water partition coefficient (Wildman–Crippen LogP) is 5.51. The molecular weight excluding hydrogens is 509 g/mol. The van der Waals surface area contributed by atoms with E-state index in [9.17, 15) is 5.11 Å². The molecule has 1 heterocycles. The van der Waals surface area contributed by atoms with E-state index in [1.54, 1.807) is 0 Å². The molecule has 1 unspecified atom stereocenters. The van der Waals surface area contributed by atoms with E-state index in [0.29, 0.717) is 6.54 Å². The molecule has 21 heavy (non-hydrogen) atoms. The Hall–Kier alpha value is -0.110. The summed E-state index contributed by atoms with van der Waals surface area (Å²) in [6.45, 7) is 0.631. The van der Waals surface area contributed by atoms with Crippen LogP contribution in [0.3, 0.4) is 0 Å². The Labute approximate surface area is 153 Å². The minimum Gasteiger partial charge on any atom is -0.391 e. The summed E-state index contributed by atoms with van der Waals surface area (Å²) in [4.78, 5) is 0. The van der Waals surface area contributed by atoms with Crippen molar-refractivity contribution in [2.45, 2.75) is 19.1 Å². The fourth-order valence-electron chi connectivity index (χ4n) is 2.67. The van der Waals surface area contributed by atoms with Gasteiger partial charge in [0.25, 0.3) is 0 Å². The number of nitrogens with zero attached hydrogens (tertiary/aromatic N) is 1. The van der Waals surface area contributed by atoms with Crippen LogP contribution in [0.1, 0.15) is 6.42 Å². The van der Waals surface area contributed by atoms with E-state index in [4.69, 9.17) is 0 Å². The standard InChI is InChI=1S/C16H14Br2INO/c17-10-1-3-15-13(7-10)14-8-11(18)2-4-16(14)20(15)9-12(21)5-6-19/h1-4,7-8,12,21H,5-6,9H2. The molecule has 0 aliphatic carbocycles. The highest BCUT2D eigenvalue weighted by Gasteiger charge is 2.14. The Balaban J connectivity index is 2.24. The lowest BCUT2D eigenvalue weighted by Gasteiger charge is -2.12. The molecule has 0 saturated carbocycles. The van der Waals surface area contributed by atoms with Crippen LogP contribution in [0, 0.1) is 0 Å². The first-order valence-corrected chi connectivity index (χ1v) is 9.82. The van der Waals surface area contributed by atoms with Gasteiger partial charge < -0.3 is 9.67 Å². The SMILES string of the molecule is OC(CCI)Cn1c2ccc(Br)cc2c2cc(Br)ccc21. The maximum Gasteiger partial charge on any atom is 0.0726 e. The van der Waals surface area contributed by atoms with Gasteiger partial charge in [-0.1, -0.05) is 54.5 Å². The topological polar surface area (TPSA) is 25.2 Å². The van der Waals surface area contributed by atoms with Crippen molar-refractivity contribution in [2.24, 2.45) is 0 Å². The first kappa shape index (κ1) is 15.8. The van der Waals surface area contributed by atoms with Gasteiger partial charge in [-0.05, 0) is 42.8 Å². The number of hydrogen-bond acceptors (Lipinski definition) is 1. The maximum absolute atomic E-state index is 10.2. The molecule has 110 valence electrons. The molecule has 0 radical (unpaired) electrons. The Kier molecular flexibility index (Phi) is 4.93. The van der Waals surface area contributed by atoms with Crippen molar-refractivity contribution in [3.05, 3.63) is 45.3 Å². The Morgan fingerprint density at radius 2 is 1.52 bits per heavy atom. The minimum absolute atomic E-state index is 0.312. The van der Waals surface area contributed by atoms with Gasteiger partial charge in [-0.25, -0.2) is 0 Å². The van der Waals surface area contributed by atoms with Gasteiger partial charge in [0, 0.05) is 41.7 Å². The molecule has 1 N–H and O–H groups in total. The van der Waals surface area contributed by atoms with E-state index >= 15 is 0 Å². The van der Waals surface area contributed by atoms with Crippen molar-refractivity contribution in [2.75, 3.05) is 4.43 Å². The molecule has 0 saturated heterocycles. The third-order valence-electron chi connectivity index (χ3n) is 3.62. The van der Waals surface area contributed by atoms with Crippen LogP contribution in [0.15, 0.2) is 45.3 Å². The smallest absolute Gasteiger partial charge is 0.0726 e. The van der Waals surface area contributed by atoms with Gasteiger partial charge >= 0.3 is 0 Å². The Morgan fingerprint density at radius 1 is 1.00 bits per heavy atom. The number of fused-ring (bicyclic) bond motifs is 3. The lowest BCUT2D eigenvalue weighted by Crippen LogP contribution is -2.16. The average Bonchev–Trinajstić information content (AvgIpc) is 2.72. The normalized spacial score (nSPS) is 13.1. The summed E-state index contributed by atoms with van der Waals surface area (Å²) in [6, 6.07) is 12.6. The second-order valence-corrected chi connectivity index (χ2v) is 7.98. The Morgan fingerprint density at radius 3 is 2.00 bits per heavy atom. The summed E-state index contributed by atoms with van der Waals surface area (Å²) in [5, 5.41) is 12.6. The molecular formula is C16H14Br2INO. The van der Waals surface area contributed by atoms with E-state index in [2.05, 4.69) is 95.4 Å². The van der Waals surface area contributed by atoms with Gasteiger partial charge in [-0.15, -0.1) is 0 Å². The minimum atomic E-state index is -0.312. The first-order chi connectivity index (χ1) is 10.1. The molecule has 0 aliphatic heterocycles. The highest BCUT2D eigenvalue weighted by atomic mass is 127. The van der Waals surface area contributed by atoms with Crippen LogP contribution in [0.5, 0.6) is 0 Å². The highest BCUT2D eigenvalue weighted by molar-refractivity contribution is 14.1. The Bertz CT molecular complexity index is 740. The number of alkyl halides is 1. The van der Waals surface area contributed by atoms with E-state index in [1.165, 1.54) is 21.8 Å². The van der Waals surface area contributed by atoms with Crippen LogP contribution >= 0.6 is 54.5 Å². The van der Waals surface area contributed by atoms with Crippen LogP contribution in [0.25, 0.3) is 21.8 Å². The molecule has 2 aromatic carbocycles. The average molecular weight is 523 g/mol. The van der Waals surface area contributed by atoms with Gasteiger partial charge in [0.05, 0.1) is 6.10 Å².